The Morgan fingerprint density at radius 3 is 2.30 bits per heavy atom. The molecule has 5 nitrogen and oxygen atoms in total. The normalized spacial score (nSPS) is 12.0. The second-order valence-electron chi connectivity index (χ2n) is 5.55. The second-order valence-corrected chi connectivity index (χ2v) is 5.55. The maximum Gasteiger partial charge on any atom is 0.251 e. The topological polar surface area (TPSA) is 75.4 Å². The third kappa shape index (κ3) is 4.40. The minimum Gasteiger partial charge on any atom is -0.366 e. The van der Waals surface area contributed by atoms with Gasteiger partial charge in [-0.2, -0.15) is 0 Å². The molecule has 0 aliphatic rings. The number of nitrogens with one attached hydrogen (secondary N) is 1. The molecule has 120 valence electrons. The molecule has 0 spiro atoms. The lowest BCUT2D eigenvalue weighted by Gasteiger charge is -2.25. The van der Waals surface area contributed by atoms with Crippen molar-refractivity contribution in [3.05, 3.63) is 71.3 Å². The molecule has 1 atom stereocenters. The lowest BCUT2D eigenvalue weighted by Crippen LogP contribution is -2.34. The molecule has 2 amide bonds. The molecule has 2 aromatic carbocycles. The molecule has 0 aliphatic carbocycles. The SMILES string of the molecule is CN(C)[C@@H](CNC(=O)c1cccc(C(N)=O)c1)c1ccccc1. The highest BCUT2D eigenvalue weighted by molar-refractivity contribution is 5.99. The summed E-state index contributed by atoms with van der Waals surface area (Å²) in [5, 5.41) is 2.91. The van der Waals surface area contributed by atoms with Crippen LogP contribution in [0.15, 0.2) is 54.6 Å². The first-order valence-electron chi connectivity index (χ1n) is 7.38. The van der Waals surface area contributed by atoms with Crippen LogP contribution in [0.2, 0.25) is 0 Å². The summed E-state index contributed by atoms with van der Waals surface area (Å²) in [4.78, 5) is 25.5. The first-order chi connectivity index (χ1) is 11.0. The van der Waals surface area contributed by atoms with Gasteiger partial charge in [-0.25, -0.2) is 0 Å². The van der Waals surface area contributed by atoms with E-state index >= 15 is 0 Å². The summed E-state index contributed by atoms with van der Waals surface area (Å²) in [5.41, 5.74) is 7.12. The smallest absolute Gasteiger partial charge is 0.251 e. The maximum absolute atomic E-state index is 12.3. The average Bonchev–Trinajstić information content (AvgIpc) is 2.55. The number of hydrogen-bond donors (Lipinski definition) is 2. The predicted molar refractivity (Wildman–Crippen MR) is 90.2 cm³/mol. The van der Waals surface area contributed by atoms with Crippen molar-refractivity contribution in [2.75, 3.05) is 20.6 Å². The number of nitrogens with zero attached hydrogens (tertiary/aromatic N) is 1. The van der Waals surface area contributed by atoms with Gasteiger partial charge >= 0.3 is 0 Å². The van der Waals surface area contributed by atoms with E-state index in [2.05, 4.69) is 10.2 Å². The predicted octanol–water partition coefficient (Wildman–Crippen LogP) is 1.82. The van der Waals surface area contributed by atoms with Gasteiger partial charge in [-0.1, -0.05) is 36.4 Å². The Balaban J connectivity index is 2.08. The van der Waals surface area contributed by atoms with Gasteiger partial charge in [-0.05, 0) is 37.9 Å². The summed E-state index contributed by atoms with van der Waals surface area (Å²) in [6.07, 6.45) is 0. The van der Waals surface area contributed by atoms with Gasteiger partial charge < -0.3 is 16.0 Å². The molecule has 0 unspecified atom stereocenters. The highest BCUT2D eigenvalue weighted by atomic mass is 16.2. The van der Waals surface area contributed by atoms with Gasteiger partial charge in [0, 0.05) is 17.7 Å². The van der Waals surface area contributed by atoms with E-state index in [1.165, 1.54) is 6.07 Å². The van der Waals surface area contributed by atoms with Crippen molar-refractivity contribution >= 4 is 11.8 Å². The zero-order valence-electron chi connectivity index (χ0n) is 13.3. The minimum absolute atomic E-state index is 0.0690. The number of carbonyl (C=O) groups excluding carboxylic acids is 2. The van der Waals surface area contributed by atoms with Gasteiger partial charge in [0.1, 0.15) is 0 Å². The van der Waals surface area contributed by atoms with Crippen LogP contribution in [-0.4, -0.2) is 37.4 Å². The van der Waals surface area contributed by atoms with Crippen LogP contribution in [-0.2, 0) is 0 Å². The number of hydrogen-bond acceptors (Lipinski definition) is 3. The van der Waals surface area contributed by atoms with E-state index in [-0.39, 0.29) is 11.9 Å². The Hall–Kier alpha value is -2.66. The van der Waals surface area contributed by atoms with Crippen LogP contribution in [0.4, 0.5) is 0 Å². The van der Waals surface area contributed by atoms with Gasteiger partial charge in [0.05, 0.1) is 6.04 Å². The summed E-state index contributed by atoms with van der Waals surface area (Å²) in [5.74, 6) is -0.772. The molecule has 23 heavy (non-hydrogen) atoms. The van der Waals surface area contributed by atoms with Crippen LogP contribution in [0.1, 0.15) is 32.3 Å². The Labute approximate surface area is 136 Å². The monoisotopic (exact) mass is 311 g/mol. The van der Waals surface area contributed by atoms with Crippen LogP contribution in [0, 0.1) is 0 Å². The Kier molecular flexibility index (Phi) is 5.49. The number of amides is 2. The summed E-state index contributed by atoms with van der Waals surface area (Å²) in [7, 11) is 3.94. The second kappa shape index (κ2) is 7.56. The fourth-order valence-corrected chi connectivity index (χ4v) is 2.38. The Bertz CT molecular complexity index is 684. The van der Waals surface area contributed by atoms with Gasteiger partial charge in [0.25, 0.3) is 5.91 Å². The van der Waals surface area contributed by atoms with Crippen molar-refractivity contribution in [1.29, 1.82) is 0 Å². The molecule has 0 aliphatic heterocycles. The first-order valence-corrected chi connectivity index (χ1v) is 7.38. The van der Waals surface area contributed by atoms with Crippen molar-refractivity contribution < 1.29 is 9.59 Å². The minimum atomic E-state index is -0.546. The summed E-state index contributed by atoms with van der Waals surface area (Å²) in [6.45, 7) is 0.469. The van der Waals surface area contributed by atoms with Crippen LogP contribution in [0.25, 0.3) is 0 Å². The van der Waals surface area contributed by atoms with Crippen molar-refractivity contribution in [3.8, 4) is 0 Å². The number of rotatable bonds is 6. The molecular formula is C18H21N3O2. The molecule has 0 saturated heterocycles. The van der Waals surface area contributed by atoms with Gasteiger partial charge in [0.15, 0.2) is 0 Å². The highest BCUT2D eigenvalue weighted by Gasteiger charge is 2.16. The molecule has 5 heteroatoms. The molecule has 0 aromatic heterocycles. The van der Waals surface area contributed by atoms with E-state index in [9.17, 15) is 9.59 Å². The lowest BCUT2D eigenvalue weighted by atomic mass is 10.1. The quantitative estimate of drug-likeness (QED) is 0.854. The standard InChI is InChI=1S/C18H21N3O2/c1-21(2)16(13-7-4-3-5-8-13)12-20-18(23)15-10-6-9-14(11-15)17(19)22/h3-11,16H,12H2,1-2H3,(H2,19,22)(H,20,23)/t16-/m0/s1. The lowest BCUT2D eigenvalue weighted by molar-refractivity contribution is 0.0942. The first kappa shape index (κ1) is 16.7. The van der Waals surface area contributed by atoms with Crippen molar-refractivity contribution in [2.24, 2.45) is 5.73 Å². The number of benzene rings is 2. The average molecular weight is 311 g/mol. The largest absolute Gasteiger partial charge is 0.366 e. The van der Waals surface area contributed by atoms with Crippen LogP contribution < -0.4 is 11.1 Å². The fraction of sp³-hybridized carbons (Fsp3) is 0.222. The van der Waals surface area contributed by atoms with Crippen LogP contribution in [0.5, 0.6) is 0 Å². The summed E-state index contributed by atoms with van der Waals surface area (Å²) >= 11 is 0. The van der Waals surface area contributed by atoms with Gasteiger partial charge in [0.2, 0.25) is 5.91 Å². The third-order valence-electron chi connectivity index (χ3n) is 3.67. The van der Waals surface area contributed by atoms with E-state index in [1.54, 1.807) is 18.2 Å². The molecule has 0 radical (unpaired) electrons. The Morgan fingerprint density at radius 1 is 1.04 bits per heavy atom. The molecule has 0 fully saturated rings. The maximum atomic E-state index is 12.3. The van der Waals surface area contributed by atoms with Crippen molar-refractivity contribution in [3.63, 3.8) is 0 Å². The number of carbonyl (C=O) groups is 2. The Morgan fingerprint density at radius 2 is 1.70 bits per heavy atom. The van der Waals surface area contributed by atoms with Crippen molar-refractivity contribution in [2.45, 2.75) is 6.04 Å². The van der Waals surface area contributed by atoms with Crippen molar-refractivity contribution in [1.82, 2.24) is 10.2 Å². The van der Waals surface area contributed by atoms with Gasteiger partial charge in [-0.3, -0.25) is 9.59 Å². The van der Waals surface area contributed by atoms with E-state index in [4.69, 9.17) is 5.73 Å². The zero-order chi connectivity index (χ0) is 16.8. The fourth-order valence-electron chi connectivity index (χ4n) is 2.38. The molecule has 0 heterocycles. The van der Waals surface area contributed by atoms with Crippen LogP contribution in [0.3, 0.4) is 0 Å². The number of nitrogens with two attached hydrogens (primary N) is 1. The van der Waals surface area contributed by atoms with E-state index in [1.807, 2.05) is 44.4 Å². The highest BCUT2D eigenvalue weighted by Crippen LogP contribution is 2.17. The molecule has 0 bridgehead atoms. The summed E-state index contributed by atoms with van der Waals surface area (Å²) in [6, 6.07) is 16.5. The molecular weight excluding hydrogens is 290 g/mol. The van der Waals surface area contributed by atoms with Gasteiger partial charge in [-0.15, -0.1) is 0 Å². The zero-order valence-corrected chi connectivity index (χ0v) is 13.3. The summed E-state index contributed by atoms with van der Waals surface area (Å²) < 4.78 is 0. The van der Waals surface area contributed by atoms with E-state index in [0.717, 1.165) is 5.56 Å². The number of primary amides is 1. The molecule has 3 N–H and O–H groups in total. The van der Waals surface area contributed by atoms with Crippen LogP contribution >= 0.6 is 0 Å². The number of likely N-dealkylation sites (N-methyl/N-ethyl adjacent to an activating group) is 1. The van der Waals surface area contributed by atoms with E-state index in [0.29, 0.717) is 17.7 Å². The third-order valence-corrected chi connectivity index (χ3v) is 3.67. The molecule has 2 rings (SSSR count). The molecule has 0 saturated carbocycles. The molecule has 2 aromatic rings. The van der Waals surface area contributed by atoms with E-state index < -0.39 is 5.91 Å².